The van der Waals surface area contributed by atoms with Crippen LogP contribution in [0.4, 0.5) is 8.78 Å². The minimum Gasteiger partial charge on any atom is -0.439 e. The van der Waals surface area contributed by atoms with E-state index in [4.69, 9.17) is 11.6 Å². The van der Waals surface area contributed by atoms with Crippen LogP contribution in [0.15, 0.2) is 12.3 Å². The van der Waals surface area contributed by atoms with Crippen LogP contribution >= 0.6 is 11.6 Å². The van der Waals surface area contributed by atoms with Gasteiger partial charge in [-0.15, -0.1) is 11.6 Å². The monoisotopic (exact) mass is 142 g/mol. The van der Waals surface area contributed by atoms with Gasteiger partial charge >= 0.3 is 6.61 Å². The molecule has 0 unspecified atom stereocenters. The first-order valence-corrected chi connectivity index (χ1v) is 2.39. The molecule has 8 heavy (non-hydrogen) atoms. The molecule has 0 radical (unpaired) electrons. The molecule has 0 aliphatic carbocycles. The normalized spacial score (nSPS) is 9.50. The summed E-state index contributed by atoms with van der Waals surface area (Å²) in [6, 6.07) is 0. The molecular weight excluding hydrogens is 137 g/mol. The van der Waals surface area contributed by atoms with Gasteiger partial charge in [0.1, 0.15) is 5.76 Å². The highest BCUT2D eigenvalue weighted by Gasteiger charge is 2.01. The standard InChI is InChI=1S/C4H5ClF2O/c1-3(2-5)8-4(6)7/h4H,1-2H2. The van der Waals surface area contributed by atoms with Crippen molar-refractivity contribution in [2.24, 2.45) is 0 Å². The second-order valence-electron chi connectivity index (χ2n) is 1.05. The first-order chi connectivity index (χ1) is 3.66. The summed E-state index contributed by atoms with van der Waals surface area (Å²) in [5.74, 6) is -0.202. The predicted molar refractivity (Wildman–Crippen MR) is 26.9 cm³/mol. The summed E-state index contributed by atoms with van der Waals surface area (Å²) >= 11 is 5.04. The van der Waals surface area contributed by atoms with Crippen molar-refractivity contribution < 1.29 is 13.5 Å². The molecule has 0 aliphatic rings. The van der Waals surface area contributed by atoms with Gasteiger partial charge in [0.15, 0.2) is 0 Å². The van der Waals surface area contributed by atoms with Crippen LogP contribution < -0.4 is 0 Å². The van der Waals surface area contributed by atoms with Gasteiger partial charge < -0.3 is 4.74 Å². The van der Waals surface area contributed by atoms with E-state index >= 15 is 0 Å². The third kappa shape index (κ3) is 3.87. The van der Waals surface area contributed by atoms with E-state index in [1.165, 1.54) is 0 Å². The molecule has 0 amide bonds. The Bertz CT molecular complexity index is 84.1. The third-order valence-electron chi connectivity index (χ3n) is 0.405. The Morgan fingerprint density at radius 2 is 2.25 bits per heavy atom. The lowest BCUT2D eigenvalue weighted by atomic mass is 10.7. The fourth-order valence-electron chi connectivity index (χ4n) is 0.157. The lowest BCUT2D eigenvalue weighted by molar-refractivity contribution is -0.0944. The second-order valence-corrected chi connectivity index (χ2v) is 1.32. The van der Waals surface area contributed by atoms with Crippen molar-refractivity contribution >= 4 is 11.6 Å². The van der Waals surface area contributed by atoms with Crippen LogP contribution in [0.25, 0.3) is 0 Å². The fourth-order valence-corrected chi connectivity index (χ4v) is 0.220. The maximum Gasteiger partial charge on any atom is 0.387 e. The highest BCUT2D eigenvalue weighted by molar-refractivity contribution is 6.19. The Hall–Kier alpha value is -0.310. The molecular formula is C4H5ClF2O. The molecule has 0 bridgehead atoms. The number of hydrogen-bond acceptors (Lipinski definition) is 1. The zero-order chi connectivity index (χ0) is 6.57. The van der Waals surface area contributed by atoms with Gasteiger partial charge in [-0.1, -0.05) is 6.58 Å². The highest BCUT2D eigenvalue weighted by atomic mass is 35.5. The number of allylic oxidation sites excluding steroid dienone is 1. The number of hydrogen-bond donors (Lipinski definition) is 0. The molecule has 0 heterocycles. The Labute approximate surface area is 50.9 Å². The van der Waals surface area contributed by atoms with Crippen molar-refractivity contribution in [1.82, 2.24) is 0 Å². The average Bonchev–Trinajstić information content (AvgIpc) is 1.65. The smallest absolute Gasteiger partial charge is 0.387 e. The Balaban J connectivity index is 3.25. The van der Waals surface area contributed by atoms with E-state index in [-0.39, 0.29) is 11.6 Å². The van der Waals surface area contributed by atoms with Gasteiger partial charge in [-0.05, 0) is 0 Å². The number of halogens is 3. The lowest BCUT2D eigenvalue weighted by Gasteiger charge is -2.01. The van der Waals surface area contributed by atoms with Crippen LogP contribution in [0.3, 0.4) is 0 Å². The Kier molecular flexibility index (Phi) is 3.52. The predicted octanol–water partition coefficient (Wildman–Crippen LogP) is 1.98. The van der Waals surface area contributed by atoms with E-state index in [9.17, 15) is 8.78 Å². The Morgan fingerprint density at radius 1 is 1.75 bits per heavy atom. The number of ether oxygens (including phenoxy) is 1. The first kappa shape index (κ1) is 7.69. The molecule has 0 aromatic heterocycles. The van der Waals surface area contributed by atoms with Crippen molar-refractivity contribution in [1.29, 1.82) is 0 Å². The molecule has 0 N–H and O–H groups in total. The van der Waals surface area contributed by atoms with E-state index < -0.39 is 6.61 Å². The zero-order valence-electron chi connectivity index (χ0n) is 4.03. The van der Waals surface area contributed by atoms with Crippen molar-refractivity contribution in [3.63, 3.8) is 0 Å². The summed E-state index contributed by atoms with van der Waals surface area (Å²) in [5.41, 5.74) is 0. The zero-order valence-corrected chi connectivity index (χ0v) is 4.79. The fraction of sp³-hybridized carbons (Fsp3) is 0.500. The van der Waals surface area contributed by atoms with Crippen LogP contribution in [-0.2, 0) is 4.74 Å². The average molecular weight is 143 g/mol. The van der Waals surface area contributed by atoms with E-state index in [1.54, 1.807) is 0 Å². The molecule has 0 fully saturated rings. The molecule has 0 aliphatic heterocycles. The van der Waals surface area contributed by atoms with E-state index in [0.29, 0.717) is 0 Å². The number of rotatable bonds is 3. The van der Waals surface area contributed by atoms with Crippen LogP contribution in [0.2, 0.25) is 0 Å². The summed E-state index contributed by atoms with van der Waals surface area (Å²) in [6.45, 7) is 0.275. The van der Waals surface area contributed by atoms with Crippen molar-refractivity contribution in [2.75, 3.05) is 5.88 Å². The van der Waals surface area contributed by atoms with Crippen molar-refractivity contribution in [3.05, 3.63) is 12.3 Å². The van der Waals surface area contributed by atoms with Gasteiger partial charge in [-0.3, -0.25) is 0 Å². The summed E-state index contributed by atoms with van der Waals surface area (Å²) < 4.78 is 26.0. The molecule has 0 spiro atoms. The minimum absolute atomic E-state index is 0.0929. The summed E-state index contributed by atoms with van der Waals surface area (Å²) in [4.78, 5) is 0. The molecule has 48 valence electrons. The first-order valence-electron chi connectivity index (χ1n) is 1.85. The molecule has 1 nitrogen and oxygen atoms in total. The summed E-state index contributed by atoms with van der Waals surface area (Å²) in [7, 11) is 0. The van der Waals surface area contributed by atoms with Crippen LogP contribution in [0.5, 0.6) is 0 Å². The van der Waals surface area contributed by atoms with Gasteiger partial charge in [-0.2, -0.15) is 8.78 Å². The third-order valence-corrected chi connectivity index (χ3v) is 0.703. The van der Waals surface area contributed by atoms with Gasteiger partial charge in [0, 0.05) is 0 Å². The van der Waals surface area contributed by atoms with Crippen LogP contribution in [0.1, 0.15) is 0 Å². The topological polar surface area (TPSA) is 9.23 Å². The SMILES string of the molecule is C=C(CCl)OC(F)F. The van der Waals surface area contributed by atoms with Gasteiger partial charge in [0.25, 0.3) is 0 Å². The summed E-state index contributed by atoms with van der Waals surface area (Å²) in [5, 5.41) is 0. The molecule has 0 aromatic carbocycles. The van der Waals surface area contributed by atoms with E-state index in [2.05, 4.69) is 11.3 Å². The largest absolute Gasteiger partial charge is 0.439 e. The quantitative estimate of drug-likeness (QED) is 0.433. The molecule has 0 rings (SSSR count). The van der Waals surface area contributed by atoms with Gasteiger partial charge in [0.05, 0.1) is 5.88 Å². The second kappa shape index (κ2) is 3.66. The summed E-state index contributed by atoms with van der Waals surface area (Å²) in [6.07, 6.45) is 0. The van der Waals surface area contributed by atoms with E-state index in [0.717, 1.165) is 0 Å². The maximum atomic E-state index is 11.1. The van der Waals surface area contributed by atoms with Gasteiger partial charge in [-0.25, -0.2) is 0 Å². The lowest BCUT2D eigenvalue weighted by Crippen LogP contribution is -1.98. The van der Waals surface area contributed by atoms with Crippen LogP contribution in [0, 0.1) is 0 Å². The van der Waals surface area contributed by atoms with Crippen molar-refractivity contribution in [3.8, 4) is 0 Å². The Morgan fingerprint density at radius 3 is 2.38 bits per heavy atom. The molecule has 0 aromatic rings. The highest BCUT2D eigenvalue weighted by Crippen LogP contribution is 2.03. The number of alkyl halides is 3. The van der Waals surface area contributed by atoms with Crippen molar-refractivity contribution in [2.45, 2.75) is 6.61 Å². The molecule has 4 heteroatoms. The minimum atomic E-state index is -2.80. The van der Waals surface area contributed by atoms with Gasteiger partial charge in [0.2, 0.25) is 0 Å². The molecule has 0 atom stereocenters. The maximum absolute atomic E-state index is 11.1. The molecule has 0 saturated carbocycles. The van der Waals surface area contributed by atoms with Crippen LogP contribution in [-0.4, -0.2) is 12.5 Å². The molecule has 0 saturated heterocycles. The van der Waals surface area contributed by atoms with E-state index in [1.807, 2.05) is 0 Å².